The van der Waals surface area contributed by atoms with Gasteiger partial charge in [0, 0.05) is 11.6 Å². The first kappa shape index (κ1) is 16.6. The summed E-state index contributed by atoms with van der Waals surface area (Å²) in [5.74, 6) is 0. The topological polar surface area (TPSA) is 28.4 Å². The van der Waals surface area contributed by atoms with Gasteiger partial charge in [-0.1, -0.05) is 32.6 Å². The lowest BCUT2D eigenvalue weighted by atomic mass is 9.78. The zero-order valence-corrected chi connectivity index (χ0v) is 14.0. The summed E-state index contributed by atoms with van der Waals surface area (Å²) in [5, 5.41) is 3.84. The van der Waals surface area contributed by atoms with Crippen molar-refractivity contribution in [1.29, 1.82) is 0 Å². The fourth-order valence-electron chi connectivity index (χ4n) is 3.86. The van der Waals surface area contributed by atoms with Crippen LogP contribution in [0.3, 0.4) is 0 Å². The van der Waals surface area contributed by atoms with E-state index in [0.717, 1.165) is 13.0 Å². The summed E-state index contributed by atoms with van der Waals surface area (Å²) in [4.78, 5) is 2.49. The van der Waals surface area contributed by atoms with Crippen molar-refractivity contribution in [2.75, 3.05) is 20.6 Å². The number of nitrogens with zero attached hydrogens (tertiary/aromatic N) is 1. The van der Waals surface area contributed by atoms with Gasteiger partial charge < -0.3 is 14.6 Å². The van der Waals surface area contributed by atoms with Gasteiger partial charge in [0.15, 0.2) is 0 Å². The minimum atomic E-state index is 0.281. The maximum Gasteiger partial charge on any atom is 0.0935 e. The highest BCUT2D eigenvalue weighted by Gasteiger charge is 2.40. The Hall–Kier alpha value is -0.800. The lowest BCUT2D eigenvalue weighted by molar-refractivity contribution is 0.0800. The van der Waals surface area contributed by atoms with E-state index >= 15 is 0 Å². The van der Waals surface area contributed by atoms with Gasteiger partial charge in [0.25, 0.3) is 0 Å². The fraction of sp³-hybridized carbons (Fsp3) is 0.778. The molecule has 0 bridgehead atoms. The maximum atomic E-state index is 5.28. The van der Waals surface area contributed by atoms with Gasteiger partial charge in [0.2, 0.25) is 0 Å². The Morgan fingerprint density at radius 2 is 1.95 bits per heavy atom. The Balaban J connectivity index is 2.20. The van der Waals surface area contributed by atoms with Crippen molar-refractivity contribution in [3.05, 3.63) is 24.2 Å². The molecule has 0 radical (unpaired) electrons. The van der Waals surface area contributed by atoms with Crippen molar-refractivity contribution in [3.63, 3.8) is 0 Å². The van der Waals surface area contributed by atoms with Gasteiger partial charge in [-0.2, -0.15) is 0 Å². The number of hydrogen-bond donors (Lipinski definition) is 1. The second-order valence-electron chi connectivity index (χ2n) is 6.75. The van der Waals surface area contributed by atoms with Crippen LogP contribution in [-0.4, -0.2) is 37.1 Å². The Labute approximate surface area is 130 Å². The second kappa shape index (κ2) is 8.00. The highest BCUT2D eigenvalue weighted by molar-refractivity contribution is 5.12. The van der Waals surface area contributed by atoms with Crippen molar-refractivity contribution < 1.29 is 4.42 Å². The summed E-state index contributed by atoms with van der Waals surface area (Å²) in [6.45, 7) is 3.34. The number of rotatable bonds is 7. The van der Waals surface area contributed by atoms with Gasteiger partial charge in [0.05, 0.1) is 12.5 Å². The summed E-state index contributed by atoms with van der Waals surface area (Å²) in [5.41, 5.74) is 1.59. The Bertz CT molecular complexity index is 378. The first-order chi connectivity index (χ1) is 10.2. The normalized spacial score (nSPS) is 20.4. The third-order valence-corrected chi connectivity index (χ3v) is 5.17. The average Bonchev–Trinajstić information content (AvgIpc) is 2.85. The van der Waals surface area contributed by atoms with E-state index in [1.54, 1.807) is 6.26 Å². The molecule has 3 nitrogen and oxygen atoms in total. The molecule has 0 spiro atoms. The zero-order valence-electron chi connectivity index (χ0n) is 14.0. The smallest absolute Gasteiger partial charge is 0.0935 e. The highest BCUT2D eigenvalue weighted by atomic mass is 16.3. The number of nitrogens with one attached hydrogen (secondary N) is 1. The molecular weight excluding hydrogens is 260 g/mol. The van der Waals surface area contributed by atoms with Gasteiger partial charge in [-0.3, -0.25) is 0 Å². The third kappa shape index (κ3) is 4.10. The maximum absolute atomic E-state index is 5.28. The molecule has 1 atom stereocenters. The summed E-state index contributed by atoms with van der Waals surface area (Å²) < 4.78 is 5.28. The van der Waals surface area contributed by atoms with Crippen LogP contribution < -0.4 is 5.32 Å². The molecule has 2 rings (SSSR count). The second-order valence-corrected chi connectivity index (χ2v) is 6.75. The molecule has 120 valence electrons. The molecular formula is C18H32N2O. The minimum absolute atomic E-state index is 0.281. The first-order valence-corrected chi connectivity index (χ1v) is 8.61. The van der Waals surface area contributed by atoms with E-state index < -0.39 is 0 Å². The molecule has 1 unspecified atom stereocenters. The fourth-order valence-corrected chi connectivity index (χ4v) is 3.86. The van der Waals surface area contributed by atoms with Crippen LogP contribution in [0.15, 0.2) is 23.0 Å². The molecule has 1 aliphatic carbocycles. The van der Waals surface area contributed by atoms with Gasteiger partial charge in [-0.25, -0.2) is 0 Å². The number of furan rings is 1. The minimum Gasteiger partial charge on any atom is -0.472 e. The van der Waals surface area contributed by atoms with Gasteiger partial charge in [-0.05, 0) is 58.0 Å². The summed E-state index contributed by atoms with van der Waals surface area (Å²) >= 11 is 0. The van der Waals surface area contributed by atoms with Crippen molar-refractivity contribution in [3.8, 4) is 0 Å². The van der Waals surface area contributed by atoms with Crippen molar-refractivity contribution in [1.82, 2.24) is 10.2 Å². The predicted molar refractivity (Wildman–Crippen MR) is 88.6 cm³/mol. The highest BCUT2D eigenvalue weighted by Crippen LogP contribution is 2.35. The molecule has 1 aliphatic rings. The SMILES string of the molecule is CCCNC(Cc1ccoc1)C1(N(C)C)CCCCCC1. The standard InChI is InChI=1S/C18H32N2O/c1-4-12-19-17(14-16-9-13-21-15-16)18(20(2)3)10-7-5-6-8-11-18/h9,13,15,17,19H,4-8,10-12,14H2,1-3H3. The van der Waals surface area contributed by atoms with E-state index in [1.807, 2.05) is 6.26 Å². The van der Waals surface area contributed by atoms with Gasteiger partial charge in [-0.15, -0.1) is 0 Å². The Morgan fingerprint density at radius 3 is 2.48 bits per heavy atom. The lowest BCUT2D eigenvalue weighted by Crippen LogP contribution is -2.59. The van der Waals surface area contributed by atoms with E-state index in [9.17, 15) is 0 Å². The average molecular weight is 292 g/mol. The van der Waals surface area contributed by atoms with Crippen LogP contribution in [0.25, 0.3) is 0 Å². The molecule has 1 aromatic rings. The molecule has 1 saturated carbocycles. The van der Waals surface area contributed by atoms with Gasteiger partial charge in [0.1, 0.15) is 0 Å². The largest absolute Gasteiger partial charge is 0.472 e. The van der Waals surface area contributed by atoms with Crippen LogP contribution in [0.2, 0.25) is 0 Å². The number of likely N-dealkylation sites (N-methyl/N-ethyl adjacent to an activating group) is 1. The third-order valence-electron chi connectivity index (χ3n) is 5.17. The molecule has 0 aliphatic heterocycles. The molecule has 1 aromatic heterocycles. The van der Waals surface area contributed by atoms with Crippen LogP contribution in [0.1, 0.15) is 57.4 Å². The molecule has 21 heavy (non-hydrogen) atoms. The molecule has 0 saturated heterocycles. The van der Waals surface area contributed by atoms with E-state index in [4.69, 9.17) is 4.42 Å². The number of hydrogen-bond acceptors (Lipinski definition) is 3. The molecule has 1 N–H and O–H groups in total. The van der Waals surface area contributed by atoms with E-state index in [1.165, 1.54) is 50.5 Å². The summed E-state index contributed by atoms with van der Waals surface area (Å²) in [6.07, 6.45) is 14.0. The predicted octanol–water partition coefficient (Wildman–Crippen LogP) is 3.84. The van der Waals surface area contributed by atoms with Crippen molar-refractivity contribution in [2.24, 2.45) is 0 Å². The summed E-state index contributed by atoms with van der Waals surface area (Å²) in [7, 11) is 4.53. The van der Waals surface area contributed by atoms with Crippen LogP contribution in [0, 0.1) is 0 Å². The van der Waals surface area contributed by atoms with Gasteiger partial charge >= 0.3 is 0 Å². The molecule has 1 fully saturated rings. The van der Waals surface area contributed by atoms with E-state index in [2.05, 4.69) is 37.3 Å². The summed E-state index contributed by atoms with van der Waals surface area (Å²) in [6, 6.07) is 2.61. The van der Waals surface area contributed by atoms with E-state index in [-0.39, 0.29) is 5.54 Å². The quantitative estimate of drug-likeness (QED) is 0.774. The lowest BCUT2D eigenvalue weighted by Gasteiger charge is -2.46. The van der Waals surface area contributed by atoms with E-state index in [0.29, 0.717) is 6.04 Å². The van der Waals surface area contributed by atoms with Crippen molar-refractivity contribution >= 4 is 0 Å². The Kier molecular flexibility index (Phi) is 6.31. The molecule has 1 heterocycles. The first-order valence-electron chi connectivity index (χ1n) is 8.61. The Morgan fingerprint density at radius 1 is 1.24 bits per heavy atom. The van der Waals surface area contributed by atoms with Crippen LogP contribution >= 0.6 is 0 Å². The zero-order chi connectivity index (χ0) is 15.1. The van der Waals surface area contributed by atoms with Crippen molar-refractivity contribution in [2.45, 2.75) is 69.9 Å². The monoisotopic (exact) mass is 292 g/mol. The van der Waals surface area contributed by atoms with Crippen LogP contribution in [0.5, 0.6) is 0 Å². The molecule has 3 heteroatoms. The molecule has 0 amide bonds. The van der Waals surface area contributed by atoms with Crippen LogP contribution in [-0.2, 0) is 6.42 Å². The molecule has 0 aromatic carbocycles. The van der Waals surface area contributed by atoms with Crippen LogP contribution in [0.4, 0.5) is 0 Å².